The maximum atomic E-state index is 11.8. The van der Waals surface area contributed by atoms with Crippen molar-refractivity contribution in [3.63, 3.8) is 0 Å². The van der Waals surface area contributed by atoms with Gasteiger partial charge >= 0.3 is 7.94 Å². The molecule has 1 fully saturated rings. The van der Waals surface area contributed by atoms with Crippen LogP contribution in [0.25, 0.3) is 11.2 Å². The molecule has 0 aliphatic carbocycles. The number of nitrogens with zero attached hydrogens (tertiary/aromatic N) is 3. The zero-order valence-corrected chi connectivity index (χ0v) is 17.0. The molecule has 1 aromatic carbocycles. The third kappa shape index (κ3) is 4.58. The van der Waals surface area contributed by atoms with E-state index >= 15 is 0 Å². The van der Waals surface area contributed by atoms with Gasteiger partial charge in [0.25, 0.3) is 5.56 Å². The molecule has 0 spiro atoms. The number of hydrogen-bond acceptors (Lipinski definition) is 8. The number of benzene rings is 1. The second-order valence-electron chi connectivity index (χ2n) is 6.51. The number of halogens is 1. The summed E-state index contributed by atoms with van der Waals surface area (Å²) in [7, 11) is -3.15. The van der Waals surface area contributed by atoms with Gasteiger partial charge in [-0.15, -0.1) is 0 Å². The van der Waals surface area contributed by atoms with Crippen LogP contribution in [0.1, 0.15) is 18.1 Å². The molecule has 1 aliphatic heterocycles. The zero-order chi connectivity index (χ0) is 20.4. The predicted molar refractivity (Wildman–Crippen MR) is 108 cm³/mol. The molecule has 1 saturated heterocycles. The maximum absolute atomic E-state index is 11.8. The van der Waals surface area contributed by atoms with Gasteiger partial charge < -0.3 is 15.0 Å². The molecule has 2 atom stereocenters. The Bertz CT molecular complexity index is 1080. The van der Waals surface area contributed by atoms with Crippen LogP contribution in [0.15, 0.2) is 35.4 Å². The lowest BCUT2D eigenvalue weighted by Crippen LogP contribution is -2.21. The highest BCUT2D eigenvalue weighted by Crippen LogP contribution is 2.63. The van der Waals surface area contributed by atoms with Gasteiger partial charge in [0.1, 0.15) is 12.7 Å². The fourth-order valence-corrected chi connectivity index (χ4v) is 4.83. The maximum Gasteiger partial charge on any atom is 0.437 e. The Balaban J connectivity index is 1.35. The molecule has 3 heterocycles. The molecule has 4 N–H and O–H groups in total. The van der Waals surface area contributed by atoms with E-state index in [2.05, 4.69) is 15.0 Å². The van der Waals surface area contributed by atoms with Gasteiger partial charge in [-0.2, -0.15) is 18.9 Å². The highest BCUT2D eigenvalue weighted by atomic mass is 35.5. The van der Waals surface area contributed by atoms with Gasteiger partial charge in [0.05, 0.1) is 12.9 Å². The zero-order valence-electron chi connectivity index (χ0n) is 15.3. The van der Waals surface area contributed by atoms with E-state index in [1.807, 2.05) is 18.2 Å². The molecule has 10 nitrogen and oxygen atoms in total. The molecule has 0 amide bonds. The summed E-state index contributed by atoms with van der Waals surface area (Å²) in [6, 6.07) is 7.33. The second-order valence-corrected chi connectivity index (χ2v) is 8.95. The lowest BCUT2D eigenvalue weighted by molar-refractivity contribution is 0.0368. The van der Waals surface area contributed by atoms with Crippen LogP contribution in [0, 0.1) is 0 Å². The normalized spacial score (nSPS) is 22.2. The fraction of sp³-hybridized carbons (Fsp3) is 0.353. The lowest BCUT2D eigenvalue weighted by Gasteiger charge is -2.27. The second kappa shape index (κ2) is 8.35. The Hall–Kier alpha value is -2.07. The summed E-state index contributed by atoms with van der Waals surface area (Å²) in [6.07, 6.45) is 1.72. The molecule has 4 rings (SSSR count). The van der Waals surface area contributed by atoms with Gasteiger partial charge in [0.15, 0.2) is 11.2 Å². The third-order valence-electron chi connectivity index (χ3n) is 4.41. The molecule has 3 aromatic rings. The van der Waals surface area contributed by atoms with E-state index in [1.165, 1.54) is 6.33 Å². The first-order chi connectivity index (χ1) is 13.9. The third-order valence-corrected chi connectivity index (χ3v) is 6.32. The van der Waals surface area contributed by atoms with Crippen molar-refractivity contribution in [1.29, 1.82) is 0 Å². The van der Waals surface area contributed by atoms with Crippen LogP contribution >= 0.6 is 19.5 Å². The van der Waals surface area contributed by atoms with Crippen molar-refractivity contribution in [2.45, 2.75) is 19.1 Å². The van der Waals surface area contributed by atoms with Crippen LogP contribution in [-0.4, -0.2) is 44.0 Å². The monoisotopic (exact) mass is 440 g/mol. The minimum Gasteiger partial charge on any atom is -0.369 e. The van der Waals surface area contributed by atoms with Crippen LogP contribution in [0.4, 0.5) is 5.95 Å². The highest BCUT2D eigenvalue weighted by Gasteiger charge is 2.48. The predicted octanol–water partition coefficient (Wildman–Crippen LogP) is 2.26. The summed E-state index contributed by atoms with van der Waals surface area (Å²) in [6.45, 7) is 0.962. The van der Waals surface area contributed by atoms with E-state index in [4.69, 9.17) is 31.1 Å². The number of imidazole rings is 1. The van der Waals surface area contributed by atoms with Crippen molar-refractivity contribution >= 4 is 36.7 Å². The van der Waals surface area contributed by atoms with Gasteiger partial charge in [-0.25, -0.2) is 4.98 Å². The molecule has 12 heteroatoms. The van der Waals surface area contributed by atoms with E-state index in [-0.39, 0.29) is 30.5 Å². The standard InChI is InChI=1S/C17H19ClN5O5P/c18-12-3-1-2-11(8-12)13-4-6-27-29(25,28-13)10-26-7-5-23-9-20-14-15(23)21-17(19)22-16(14)24/h1-3,8-9,13,25H,4-7,10H2,(H2-,19,21,22,24)/p+1. The summed E-state index contributed by atoms with van der Waals surface area (Å²) in [4.78, 5) is 33.0. The number of aromatic nitrogens is 4. The fourth-order valence-electron chi connectivity index (χ4n) is 3.06. The number of hydrogen-bond donors (Lipinski definition) is 3. The van der Waals surface area contributed by atoms with E-state index in [0.29, 0.717) is 30.2 Å². The number of rotatable bonds is 6. The van der Waals surface area contributed by atoms with Gasteiger partial charge in [-0.05, 0) is 17.7 Å². The number of H-pyrrole nitrogens is 1. The average Bonchev–Trinajstić information content (AvgIpc) is 3.08. The topological polar surface area (TPSA) is 138 Å². The Morgan fingerprint density at radius 2 is 2.34 bits per heavy atom. The number of nitrogens with two attached hydrogens (primary N) is 1. The minimum atomic E-state index is -3.15. The first-order valence-electron chi connectivity index (χ1n) is 8.91. The number of nitrogen functional groups attached to an aromatic ring is 1. The quantitative estimate of drug-likeness (QED) is 0.392. The largest absolute Gasteiger partial charge is 0.437 e. The number of nitrogens with one attached hydrogen (secondary N) is 1. The van der Waals surface area contributed by atoms with Crippen LogP contribution in [0.5, 0.6) is 0 Å². The van der Waals surface area contributed by atoms with Gasteiger partial charge in [0.2, 0.25) is 12.3 Å². The molecular formula is C17H20ClN5O5P+. The average molecular weight is 441 g/mol. The van der Waals surface area contributed by atoms with Crippen molar-refractivity contribution in [2.24, 2.45) is 0 Å². The van der Waals surface area contributed by atoms with E-state index < -0.39 is 13.5 Å². The molecule has 2 aromatic heterocycles. The number of fused-ring (bicyclic) bond motifs is 1. The van der Waals surface area contributed by atoms with Crippen LogP contribution in [0.2, 0.25) is 5.02 Å². The minimum absolute atomic E-state index is 0.0152. The summed E-state index contributed by atoms with van der Waals surface area (Å²) < 4.78 is 18.6. The Morgan fingerprint density at radius 1 is 1.48 bits per heavy atom. The highest BCUT2D eigenvalue weighted by molar-refractivity contribution is 7.60. The van der Waals surface area contributed by atoms with E-state index in [1.54, 1.807) is 10.6 Å². The Labute approximate surface area is 171 Å². The first kappa shape index (κ1) is 20.2. The van der Waals surface area contributed by atoms with Gasteiger partial charge in [-0.3, -0.25) is 9.78 Å². The van der Waals surface area contributed by atoms with Crippen molar-refractivity contribution in [3.8, 4) is 0 Å². The molecule has 0 bridgehead atoms. The smallest absolute Gasteiger partial charge is 0.369 e. The van der Waals surface area contributed by atoms with Crippen LogP contribution in [0.3, 0.4) is 0 Å². The lowest BCUT2D eigenvalue weighted by atomic mass is 10.1. The van der Waals surface area contributed by atoms with Crippen molar-refractivity contribution in [3.05, 3.63) is 51.5 Å². The summed E-state index contributed by atoms with van der Waals surface area (Å²) in [5.74, 6) is 0.0152. The van der Waals surface area contributed by atoms with Gasteiger partial charge in [-0.1, -0.05) is 23.7 Å². The van der Waals surface area contributed by atoms with Crippen molar-refractivity contribution in [2.75, 3.05) is 25.3 Å². The summed E-state index contributed by atoms with van der Waals surface area (Å²) in [5, 5.41) is 0.608. The molecule has 2 unspecified atom stereocenters. The molecular weight excluding hydrogens is 421 g/mol. The van der Waals surface area contributed by atoms with Crippen LogP contribution < -0.4 is 11.3 Å². The molecule has 0 radical (unpaired) electrons. The summed E-state index contributed by atoms with van der Waals surface area (Å²) in [5.41, 5.74) is 6.64. The molecule has 29 heavy (non-hydrogen) atoms. The van der Waals surface area contributed by atoms with Crippen molar-refractivity contribution in [1.82, 2.24) is 19.5 Å². The number of aromatic amines is 1. The SMILES string of the molecule is Nc1nc2c(ncn2CCOC[P+]2(O)OCCC(c3cccc(Cl)c3)O2)c(=O)[nH]1. The first-order valence-corrected chi connectivity index (χ1v) is 11.1. The molecule has 154 valence electrons. The molecule has 1 aliphatic rings. The van der Waals surface area contributed by atoms with Crippen molar-refractivity contribution < 1.29 is 18.7 Å². The van der Waals surface area contributed by atoms with E-state index in [0.717, 1.165) is 5.56 Å². The Morgan fingerprint density at radius 3 is 3.17 bits per heavy atom. The van der Waals surface area contributed by atoms with E-state index in [9.17, 15) is 9.69 Å². The van der Waals surface area contributed by atoms with Gasteiger partial charge in [0, 0.05) is 18.0 Å². The number of ether oxygens (including phenoxy) is 1. The number of anilines is 1. The van der Waals surface area contributed by atoms with Crippen LogP contribution in [-0.2, 0) is 20.3 Å². The molecule has 0 saturated carbocycles. The summed E-state index contributed by atoms with van der Waals surface area (Å²) >= 11 is 6.04. The Kier molecular flexibility index (Phi) is 5.82.